The van der Waals surface area contributed by atoms with Gasteiger partial charge in [-0.05, 0) is 93.9 Å². The Bertz CT molecular complexity index is 933. The van der Waals surface area contributed by atoms with Crippen LogP contribution in [0, 0.1) is 29.1 Å². The van der Waals surface area contributed by atoms with E-state index in [2.05, 4.69) is 0 Å². The Kier molecular flexibility index (Phi) is 5.96. The van der Waals surface area contributed by atoms with Gasteiger partial charge in [0.25, 0.3) is 0 Å². The Morgan fingerprint density at radius 1 is 0.971 bits per heavy atom. The van der Waals surface area contributed by atoms with Crippen LogP contribution in [0.5, 0.6) is 0 Å². The molecule has 4 bridgehead atoms. The third-order valence-corrected chi connectivity index (χ3v) is 9.97. The number of carbonyl (C=O) groups is 2. The van der Waals surface area contributed by atoms with E-state index in [1.54, 1.807) is 0 Å². The van der Waals surface area contributed by atoms with Gasteiger partial charge >= 0.3 is 11.9 Å². The largest absolute Gasteiger partial charge is 0.466 e. The van der Waals surface area contributed by atoms with Crippen LogP contribution in [0.2, 0.25) is 0 Å². The lowest BCUT2D eigenvalue weighted by Gasteiger charge is -2.62. The molecule has 0 N–H and O–H groups in total. The highest BCUT2D eigenvalue weighted by Gasteiger charge is 2.70. The van der Waals surface area contributed by atoms with Crippen molar-refractivity contribution in [1.29, 1.82) is 0 Å². The minimum absolute atomic E-state index is 0.0105. The van der Waals surface area contributed by atoms with Crippen molar-refractivity contribution < 1.29 is 28.8 Å². The molecule has 1 aromatic carbocycles. The minimum atomic E-state index is -0.354. The maximum absolute atomic E-state index is 13.4. The van der Waals surface area contributed by atoms with Gasteiger partial charge in [0.1, 0.15) is 17.8 Å². The van der Waals surface area contributed by atoms with Crippen molar-refractivity contribution in [3.8, 4) is 0 Å². The third-order valence-electron chi connectivity index (χ3n) is 9.97. The topological polar surface area (TPSA) is 71.1 Å². The van der Waals surface area contributed by atoms with Crippen molar-refractivity contribution in [2.24, 2.45) is 29.1 Å². The molecule has 5 aliphatic carbocycles. The van der Waals surface area contributed by atoms with Crippen molar-refractivity contribution in [3.05, 3.63) is 35.9 Å². The maximum Gasteiger partial charge on any atom is 0.312 e. The molecule has 2 spiro atoms. The molecule has 6 nitrogen and oxygen atoms in total. The van der Waals surface area contributed by atoms with Crippen LogP contribution in [0.15, 0.2) is 30.3 Å². The molecule has 6 fully saturated rings. The molecule has 7 rings (SSSR count). The van der Waals surface area contributed by atoms with Crippen LogP contribution in [0.25, 0.3) is 0 Å². The Morgan fingerprint density at radius 2 is 1.69 bits per heavy atom. The van der Waals surface area contributed by atoms with Gasteiger partial charge in [0.2, 0.25) is 0 Å². The summed E-state index contributed by atoms with van der Waals surface area (Å²) in [6.07, 6.45) is 10.2. The van der Waals surface area contributed by atoms with E-state index in [4.69, 9.17) is 19.2 Å². The molecule has 2 unspecified atom stereocenters. The normalized spacial score (nSPS) is 41.4. The highest BCUT2D eigenvalue weighted by Crippen LogP contribution is 2.69. The summed E-state index contributed by atoms with van der Waals surface area (Å²) in [6.45, 7) is 2.65. The van der Waals surface area contributed by atoms with E-state index < -0.39 is 0 Å². The molecule has 6 aliphatic rings. The first-order chi connectivity index (χ1) is 16.9. The number of hydrogen-bond acceptors (Lipinski definition) is 6. The van der Waals surface area contributed by atoms with Crippen molar-refractivity contribution in [1.82, 2.24) is 0 Å². The maximum atomic E-state index is 13.4. The fraction of sp³-hybridized carbons (Fsp3) is 0.724. The number of esters is 2. The van der Waals surface area contributed by atoms with Crippen LogP contribution < -0.4 is 0 Å². The number of rotatable bonds is 6. The second kappa shape index (κ2) is 8.88. The first-order valence-electron chi connectivity index (χ1n) is 13.7. The quantitative estimate of drug-likeness (QED) is 0.392. The van der Waals surface area contributed by atoms with Crippen LogP contribution in [0.4, 0.5) is 0 Å². The fourth-order valence-corrected chi connectivity index (χ4v) is 8.46. The van der Waals surface area contributed by atoms with E-state index in [1.165, 1.54) is 0 Å². The van der Waals surface area contributed by atoms with Gasteiger partial charge < -0.3 is 9.47 Å². The smallest absolute Gasteiger partial charge is 0.312 e. The fourth-order valence-electron chi connectivity index (χ4n) is 8.46. The Hall–Kier alpha value is -1.92. The predicted molar refractivity (Wildman–Crippen MR) is 128 cm³/mol. The molecule has 0 amide bonds. The second-order valence-corrected chi connectivity index (χ2v) is 12.1. The molecule has 1 aliphatic heterocycles. The van der Waals surface area contributed by atoms with Crippen molar-refractivity contribution in [2.45, 2.75) is 95.4 Å². The van der Waals surface area contributed by atoms with Crippen LogP contribution in [-0.4, -0.2) is 29.7 Å². The first-order valence-corrected chi connectivity index (χ1v) is 13.7. The molecule has 6 heteroatoms. The highest BCUT2D eigenvalue weighted by atomic mass is 17.2. The predicted octanol–water partition coefficient (Wildman–Crippen LogP) is 5.53. The third kappa shape index (κ3) is 4.11. The van der Waals surface area contributed by atoms with E-state index in [1.807, 2.05) is 37.3 Å². The first kappa shape index (κ1) is 23.5. The summed E-state index contributed by atoms with van der Waals surface area (Å²) in [5.74, 6) is 1.58. The van der Waals surface area contributed by atoms with Crippen LogP contribution >= 0.6 is 0 Å². The zero-order valence-electron chi connectivity index (χ0n) is 20.8. The van der Waals surface area contributed by atoms with Gasteiger partial charge in [-0.2, -0.15) is 0 Å². The van der Waals surface area contributed by atoms with Gasteiger partial charge in [-0.1, -0.05) is 30.3 Å². The van der Waals surface area contributed by atoms with E-state index in [0.717, 1.165) is 69.8 Å². The molecular formula is C29H38O6. The number of ether oxygens (including phenoxy) is 2. The van der Waals surface area contributed by atoms with E-state index in [0.29, 0.717) is 43.3 Å². The highest BCUT2D eigenvalue weighted by molar-refractivity contribution is 5.77. The Balaban J connectivity index is 1.11. The summed E-state index contributed by atoms with van der Waals surface area (Å²) < 4.78 is 11.0. The van der Waals surface area contributed by atoms with Crippen LogP contribution in [0.1, 0.15) is 83.1 Å². The molecule has 5 saturated carbocycles. The Morgan fingerprint density at radius 3 is 2.37 bits per heavy atom. The summed E-state index contributed by atoms with van der Waals surface area (Å²) in [5, 5.41) is 0. The molecule has 35 heavy (non-hydrogen) atoms. The van der Waals surface area contributed by atoms with Crippen molar-refractivity contribution in [2.75, 3.05) is 6.61 Å². The summed E-state index contributed by atoms with van der Waals surface area (Å²) in [6, 6.07) is 9.96. The summed E-state index contributed by atoms with van der Waals surface area (Å²) in [7, 11) is 0. The average molecular weight is 483 g/mol. The lowest BCUT2D eigenvalue weighted by molar-refractivity contribution is -0.388. The van der Waals surface area contributed by atoms with Crippen LogP contribution in [0.3, 0.4) is 0 Å². The number of carbonyl (C=O) groups excluding carboxylic acids is 2. The van der Waals surface area contributed by atoms with E-state index in [9.17, 15) is 9.59 Å². The van der Waals surface area contributed by atoms with E-state index >= 15 is 0 Å². The summed E-state index contributed by atoms with van der Waals surface area (Å²) >= 11 is 0. The lowest BCUT2D eigenvalue weighted by atomic mass is 9.43. The SMILES string of the molecule is CCOC(=O)C[C@H]1CC[C@@]2(CC1)C[C@@]1(OO2)C2CC3CC1CC(C(=O)OCc1ccccc1)(C3)C2. The van der Waals surface area contributed by atoms with E-state index in [-0.39, 0.29) is 28.6 Å². The molecule has 1 saturated heterocycles. The van der Waals surface area contributed by atoms with Crippen molar-refractivity contribution in [3.63, 3.8) is 0 Å². The standard InChI is InChI=1S/C29H38O6/c1-2-32-25(30)14-20-8-10-28(11-9-20)19-29(35-34-28)23-12-22-13-24(29)17-27(15-22,16-23)26(31)33-18-21-6-4-3-5-7-21/h3-7,20,22-24H,2,8-19H2,1H3/t20-,22?,23?,24?,27?,28+,29-. The molecule has 0 radical (unpaired) electrons. The second-order valence-electron chi connectivity index (χ2n) is 12.1. The zero-order valence-corrected chi connectivity index (χ0v) is 20.8. The van der Waals surface area contributed by atoms with Crippen LogP contribution in [-0.2, 0) is 35.4 Å². The van der Waals surface area contributed by atoms with Gasteiger partial charge in [0.05, 0.1) is 12.0 Å². The van der Waals surface area contributed by atoms with Gasteiger partial charge in [-0.25, -0.2) is 9.78 Å². The molecule has 1 aromatic rings. The molecular weight excluding hydrogens is 444 g/mol. The monoisotopic (exact) mass is 482 g/mol. The summed E-state index contributed by atoms with van der Waals surface area (Å²) in [4.78, 5) is 37.9. The molecule has 1 heterocycles. The zero-order chi connectivity index (χ0) is 24.1. The Labute approximate surface area is 208 Å². The van der Waals surface area contributed by atoms with Gasteiger partial charge in [0.15, 0.2) is 0 Å². The molecule has 190 valence electrons. The molecule has 2 atom stereocenters. The molecule has 0 aromatic heterocycles. The van der Waals surface area contributed by atoms with Gasteiger partial charge in [-0.15, -0.1) is 0 Å². The lowest BCUT2D eigenvalue weighted by Crippen LogP contribution is -2.63. The number of benzene rings is 1. The summed E-state index contributed by atoms with van der Waals surface area (Å²) in [5.41, 5.74) is 0.192. The van der Waals surface area contributed by atoms with Gasteiger partial charge in [-0.3, -0.25) is 9.59 Å². The van der Waals surface area contributed by atoms with Gasteiger partial charge in [0, 0.05) is 12.8 Å². The average Bonchev–Trinajstić information content (AvgIpc) is 3.23. The van der Waals surface area contributed by atoms with Crippen molar-refractivity contribution >= 4 is 11.9 Å². The minimum Gasteiger partial charge on any atom is -0.466 e. The number of hydrogen-bond donors (Lipinski definition) is 0.